The van der Waals surface area contributed by atoms with Crippen LogP contribution in [-0.2, 0) is 16.1 Å². The Bertz CT molecular complexity index is 704. The van der Waals surface area contributed by atoms with Gasteiger partial charge >= 0.3 is 0 Å². The fraction of sp³-hybridized carbons (Fsp3) is 0.400. The van der Waals surface area contributed by atoms with Gasteiger partial charge in [0.2, 0.25) is 5.91 Å². The van der Waals surface area contributed by atoms with Gasteiger partial charge in [-0.25, -0.2) is 0 Å². The van der Waals surface area contributed by atoms with Crippen LogP contribution < -0.4 is 5.32 Å². The highest BCUT2D eigenvalue weighted by Crippen LogP contribution is 2.26. The number of amides is 1. The molecule has 0 aliphatic carbocycles. The van der Waals surface area contributed by atoms with Crippen molar-refractivity contribution in [3.05, 3.63) is 40.6 Å². The SMILES string of the molecule is O=C(Cn1ccc2c([N+](=O)[O-])cccc21)NC1CCOCC1. The molecular weight excluding hydrogens is 286 g/mol. The van der Waals surface area contributed by atoms with E-state index in [1.54, 1.807) is 29.0 Å². The molecule has 7 nitrogen and oxygen atoms in total. The van der Waals surface area contributed by atoms with Gasteiger partial charge < -0.3 is 14.6 Å². The van der Waals surface area contributed by atoms with Crippen molar-refractivity contribution in [3.8, 4) is 0 Å². The van der Waals surface area contributed by atoms with Crippen LogP contribution in [0.5, 0.6) is 0 Å². The first-order chi connectivity index (χ1) is 10.6. The van der Waals surface area contributed by atoms with E-state index in [2.05, 4.69) is 5.32 Å². The minimum absolute atomic E-state index is 0.0566. The zero-order valence-electron chi connectivity index (χ0n) is 12.0. The highest BCUT2D eigenvalue weighted by molar-refractivity contribution is 5.90. The zero-order valence-corrected chi connectivity index (χ0v) is 12.0. The molecule has 3 rings (SSSR count). The van der Waals surface area contributed by atoms with Gasteiger partial charge in [-0.1, -0.05) is 6.07 Å². The molecule has 116 valence electrons. The number of carbonyl (C=O) groups is 1. The number of nitrogens with one attached hydrogen (secondary N) is 1. The van der Waals surface area contributed by atoms with Crippen LogP contribution in [0.4, 0.5) is 5.69 Å². The molecule has 0 unspecified atom stereocenters. The molecule has 1 saturated heterocycles. The molecule has 0 atom stereocenters. The molecule has 1 fully saturated rings. The summed E-state index contributed by atoms with van der Waals surface area (Å²) in [6.45, 7) is 1.50. The van der Waals surface area contributed by atoms with Gasteiger partial charge in [-0.05, 0) is 25.0 Å². The zero-order chi connectivity index (χ0) is 15.5. The van der Waals surface area contributed by atoms with Gasteiger partial charge in [0.05, 0.1) is 15.8 Å². The normalized spacial score (nSPS) is 15.8. The molecule has 1 aliphatic rings. The molecule has 0 spiro atoms. The van der Waals surface area contributed by atoms with Crippen LogP contribution in [0.25, 0.3) is 10.9 Å². The molecule has 7 heteroatoms. The maximum Gasteiger partial charge on any atom is 0.278 e. The second-order valence-electron chi connectivity index (χ2n) is 5.36. The van der Waals surface area contributed by atoms with Crippen molar-refractivity contribution in [1.29, 1.82) is 0 Å². The number of hydrogen-bond donors (Lipinski definition) is 1. The molecule has 0 radical (unpaired) electrons. The maximum absolute atomic E-state index is 12.1. The van der Waals surface area contributed by atoms with Crippen LogP contribution in [0, 0.1) is 10.1 Å². The predicted molar refractivity (Wildman–Crippen MR) is 80.6 cm³/mol. The smallest absolute Gasteiger partial charge is 0.278 e. The lowest BCUT2D eigenvalue weighted by Crippen LogP contribution is -2.40. The summed E-state index contributed by atoms with van der Waals surface area (Å²) in [7, 11) is 0. The summed E-state index contributed by atoms with van der Waals surface area (Å²) >= 11 is 0. The largest absolute Gasteiger partial charge is 0.381 e. The number of rotatable bonds is 4. The summed E-state index contributed by atoms with van der Waals surface area (Å²) in [6, 6.07) is 6.71. The molecule has 22 heavy (non-hydrogen) atoms. The van der Waals surface area contributed by atoms with Crippen LogP contribution in [0.1, 0.15) is 12.8 Å². The molecule has 0 bridgehead atoms. The number of aromatic nitrogens is 1. The number of benzene rings is 1. The number of nitro benzene ring substituents is 1. The van der Waals surface area contributed by atoms with Gasteiger partial charge in [0.25, 0.3) is 5.69 Å². The Labute approximate surface area is 127 Å². The Balaban J connectivity index is 1.75. The van der Waals surface area contributed by atoms with Crippen molar-refractivity contribution in [2.45, 2.75) is 25.4 Å². The van der Waals surface area contributed by atoms with Gasteiger partial charge in [0.1, 0.15) is 6.54 Å². The maximum atomic E-state index is 12.1. The Morgan fingerprint density at radius 2 is 2.14 bits per heavy atom. The monoisotopic (exact) mass is 303 g/mol. The first-order valence-corrected chi connectivity index (χ1v) is 7.24. The second-order valence-corrected chi connectivity index (χ2v) is 5.36. The van der Waals surface area contributed by atoms with Crippen molar-refractivity contribution >= 4 is 22.5 Å². The molecule has 2 heterocycles. The van der Waals surface area contributed by atoms with Crippen LogP contribution >= 0.6 is 0 Å². The van der Waals surface area contributed by atoms with Gasteiger partial charge in [0, 0.05) is 31.5 Å². The van der Waals surface area contributed by atoms with Crippen LogP contribution in [0.3, 0.4) is 0 Å². The van der Waals surface area contributed by atoms with Crippen molar-refractivity contribution in [1.82, 2.24) is 9.88 Å². The van der Waals surface area contributed by atoms with E-state index < -0.39 is 4.92 Å². The highest BCUT2D eigenvalue weighted by Gasteiger charge is 2.18. The van der Waals surface area contributed by atoms with Crippen LogP contribution in [0.15, 0.2) is 30.5 Å². The number of non-ortho nitro benzene ring substituents is 1. The summed E-state index contributed by atoms with van der Waals surface area (Å²) in [5, 5.41) is 14.5. The molecule has 1 N–H and O–H groups in total. The highest BCUT2D eigenvalue weighted by atomic mass is 16.6. The first-order valence-electron chi connectivity index (χ1n) is 7.24. The van der Waals surface area contributed by atoms with Crippen molar-refractivity contribution in [2.24, 2.45) is 0 Å². The van der Waals surface area contributed by atoms with Crippen molar-refractivity contribution < 1.29 is 14.5 Å². The third-order valence-corrected chi connectivity index (χ3v) is 3.89. The van der Waals surface area contributed by atoms with E-state index in [0.29, 0.717) is 24.1 Å². The lowest BCUT2D eigenvalue weighted by Gasteiger charge is -2.23. The number of fused-ring (bicyclic) bond motifs is 1. The summed E-state index contributed by atoms with van der Waals surface area (Å²) < 4.78 is 6.99. The van der Waals surface area contributed by atoms with E-state index >= 15 is 0 Å². The molecule has 2 aromatic rings. The van der Waals surface area contributed by atoms with Gasteiger partial charge in [0.15, 0.2) is 0 Å². The number of nitro groups is 1. The number of carbonyl (C=O) groups excluding carboxylic acids is 1. The number of hydrogen-bond acceptors (Lipinski definition) is 4. The Hall–Kier alpha value is -2.41. The van der Waals surface area contributed by atoms with E-state index in [-0.39, 0.29) is 24.2 Å². The standard InChI is InChI=1S/C15H17N3O4/c19-15(16-11-5-8-22-9-6-11)10-17-7-4-12-13(17)2-1-3-14(12)18(20)21/h1-4,7,11H,5-6,8-10H2,(H,16,19). The Kier molecular flexibility index (Phi) is 4.06. The molecule has 1 aromatic carbocycles. The molecule has 1 amide bonds. The van der Waals surface area contributed by atoms with E-state index in [9.17, 15) is 14.9 Å². The molecule has 0 saturated carbocycles. The fourth-order valence-electron chi connectivity index (χ4n) is 2.77. The van der Waals surface area contributed by atoms with Gasteiger partial charge in [-0.15, -0.1) is 0 Å². The Morgan fingerprint density at radius 1 is 1.36 bits per heavy atom. The molecule has 1 aromatic heterocycles. The summed E-state index contributed by atoms with van der Waals surface area (Å²) in [6.07, 6.45) is 3.36. The minimum Gasteiger partial charge on any atom is -0.381 e. The summed E-state index contributed by atoms with van der Waals surface area (Å²) in [5.74, 6) is -0.0871. The Morgan fingerprint density at radius 3 is 2.86 bits per heavy atom. The fourth-order valence-corrected chi connectivity index (χ4v) is 2.77. The second kappa shape index (κ2) is 6.15. The lowest BCUT2D eigenvalue weighted by molar-refractivity contribution is -0.383. The van der Waals surface area contributed by atoms with Crippen LogP contribution in [0.2, 0.25) is 0 Å². The summed E-state index contributed by atoms with van der Waals surface area (Å²) in [5.41, 5.74) is 0.748. The minimum atomic E-state index is -0.408. The van der Waals surface area contributed by atoms with Gasteiger partial charge in [-0.3, -0.25) is 14.9 Å². The molecule has 1 aliphatic heterocycles. The topological polar surface area (TPSA) is 86.4 Å². The number of ether oxygens (including phenoxy) is 1. The van der Waals surface area contributed by atoms with Crippen molar-refractivity contribution in [2.75, 3.05) is 13.2 Å². The average Bonchev–Trinajstić information content (AvgIpc) is 2.91. The third kappa shape index (κ3) is 2.94. The quantitative estimate of drug-likeness (QED) is 0.690. The van der Waals surface area contributed by atoms with E-state index in [0.717, 1.165) is 12.8 Å². The van der Waals surface area contributed by atoms with Crippen molar-refractivity contribution in [3.63, 3.8) is 0 Å². The third-order valence-electron chi connectivity index (χ3n) is 3.89. The van der Waals surface area contributed by atoms with Crippen LogP contribution in [-0.4, -0.2) is 34.7 Å². The van der Waals surface area contributed by atoms with E-state index in [4.69, 9.17) is 4.74 Å². The molecular formula is C15H17N3O4. The number of nitrogens with zero attached hydrogens (tertiary/aromatic N) is 2. The average molecular weight is 303 g/mol. The first kappa shape index (κ1) is 14.5. The predicted octanol–water partition coefficient (Wildman–Crippen LogP) is 1.84. The summed E-state index contributed by atoms with van der Waals surface area (Å²) in [4.78, 5) is 22.7. The van der Waals surface area contributed by atoms with Gasteiger partial charge in [-0.2, -0.15) is 0 Å². The van der Waals surface area contributed by atoms with E-state index in [1.165, 1.54) is 6.07 Å². The lowest BCUT2D eigenvalue weighted by atomic mass is 10.1. The van der Waals surface area contributed by atoms with E-state index in [1.807, 2.05) is 0 Å².